The lowest BCUT2D eigenvalue weighted by Gasteiger charge is -2.20. The van der Waals surface area contributed by atoms with Gasteiger partial charge in [-0.05, 0) is 49.4 Å². The molecule has 2 aromatic rings. The maximum absolute atomic E-state index is 8.80. The van der Waals surface area contributed by atoms with Crippen LogP contribution in [0.15, 0.2) is 36.8 Å². The molecule has 0 bridgehead atoms. The Kier molecular flexibility index (Phi) is 9.70. The van der Waals surface area contributed by atoms with Crippen molar-refractivity contribution in [3.63, 3.8) is 0 Å². The average molecular weight is 329 g/mol. The Morgan fingerprint density at radius 3 is 2.50 bits per heavy atom. The molecule has 0 aliphatic heterocycles. The van der Waals surface area contributed by atoms with Crippen molar-refractivity contribution in [2.45, 2.75) is 46.5 Å². The molecule has 2 rings (SSSR count). The smallest absolute Gasteiger partial charge is 0.0606 e. The van der Waals surface area contributed by atoms with Gasteiger partial charge in [-0.3, -0.25) is 9.97 Å². The lowest BCUT2D eigenvalue weighted by atomic mass is 10.1. The number of hydrogen-bond acceptors (Lipinski definition) is 4. The van der Waals surface area contributed by atoms with Gasteiger partial charge in [-0.25, -0.2) is 0 Å². The number of anilines is 1. The van der Waals surface area contributed by atoms with Crippen LogP contribution in [0.4, 0.5) is 5.69 Å². The Balaban J connectivity index is 0.000000243. The molecule has 2 aromatic heterocycles. The van der Waals surface area contributed by atoms with Gasteiger partial charge in [0.15, 0.2) is 0 Å². The second-order valence-corrected chi connectivity index (χ2v) is 5.91. The van der Waals surface area contributed by atoms with Gasteiger partial charge >= 0.3 is 0 Å². The van der Waals surface area contributed by atoms with Gasteiger partial charge in [-0.2, -0.15) is 0 Å². The predicted molar refractivity (Wildman–Crippen MR) is 102 cm³/mol. The van der Waals surface area contributed by atoms with Crippen LogP contribution in [-0.4, -0.2) is 35.3 Å². The number of aliphatic hydroxyl groups is 1. The minimum atomic E-state index is 0.175. The number of aliphatic hydroxyl groups excluding tert-OH is 1. The number of rotatable bonds is 7. The van der Waals surface area contributed by atoms with E-state index in [9.17, 15) is 0 Å². The molecule has 0 radical (unpaired) electrons. The normalized spacial score (nSPS) is 10.0. The van der Waals surface area contributed by atoms with Crippen LogP contribution in [0.3, 0.4) is 0 Å². The zero-order chi connectivity index (χ0) is 17.8. The van der Waals surface area contributed by atoms with E-state index in [1.807, 2.05) is 37.3 Å². The summed E-state index contributed by atoms with van der Waals surface area (Å²) < 4.78 is 0. The van der Waals surface area contributed by atoms with Gasteiger partial charge in [0.05, 0.1) is 18.5 Å². The molecule has 0 spiro atoms. The van der Waals surface area contributed by atoms with Crippen LogP contribution in [0.25, 0.3) is 0 Å². The number of nitrogens with zero attached hydrogens (tertiary/aromatic N) is 3. The Hall–Kier alpha value is -1.94. The molecule has 24 heavy (non-hydrogen) atoms. The van der Waals surface area contributed by atoms with Crippen LogP contribution in [0.5, 0.6) is 0 Å². The Morgan fingerprint density at radius 1 is 1.12 bits per heavy atom. The molecule has 4 heteroatoms. The molecular weight excluding hydrogens is 298 g/mol. The van der Waals surface area contributed by atoms with Crippen molar-refractivity contribution < 1.29 is 5.11 Å². The summed E-state index contributed by atoms with van der Waals surface area (Å²) in [5.74, 6) is 0. The van der Waals surface area contributed by atoms with E-state index in [4.69, 9.17) is 5.11 Å². The molecule has 0 saturated carbocycles. The highest BCUT2D eigenvalue weighted by atomic mass is 16.3. The number of aromatic nitrogens is 2. The van der Waals surface area contributed by atoms with Gasteiger partial charge in [0.25, 0.3) is 0 Å². The van der Waals surface area contributed by atoms with Crippen LogP contribution in [0, 0.1) is 6.92 Å². The van der Waals surface area contributed by atoms with E-state index >= 15 is 0 Å². The molecule has 4 nitrogen and oxygen atoms in total. The van der Waals surface area contributed by atoms with Gasteiger partial charge in [0, 0.05) is 31.7 Å². The first-order chi connectivity index (χ1) is 11.6. The fourth-order valence-electron chi connectivity index (χ4n) is 2.36. The van der Waals surface area contributed by atoms with Crippen molar-refractivity contribution in [1.29, 1.82) is 0 Å². The van der Waals surface area contributed by atoms with E-state index in [2.05, 4.69) is 35.9 Å². The monoisotopic (exact) mass is 329 g/mol. The summed E-state index contributed by atoms with van der Waals surface area (Å²) in [6.07, 6.45) is 10.3. The topological polar surface area (TPSA) is 49.2 Å². The summed E-state index contributed by atoms with van der Waals surface area (Å²) in [5.41, 5.74) is 4.84. The number of pyridine rings is 2. The summed E-state index contributed by atoms with van der Waals surface area (Å²) in [6.45, 7) is 7.17. The molecular formula is C20H31N3O. The highest BCUT2D eigenvalue weighted by Crippen LogP contribution is 2.17. The molecule has 0 amide bonds. The van der Waals surface area contributed by atoms with E-state index < -0.39 is 0 Å². The summed E-state index contributed by atoms with van der Waals surface area (Å²) >= 11 is 0. The van der Waals surface area contributed by atoms with Crippen LogP contribution >= 0.6 is 0 Å². The number of hydrogen-bond donors (Lipinski definition) is 1. The summed E-state index contributed by atoms with van der Waals surface area (Å²) in [7, 11) is 1.96. The number of aryl methyl sites for hydroxylation is 3. The van der Waals surface area contributed by atoms with Gasteiger partial charge in [0.2, 0.25) is 0 Å². The van der Waals surface area contributed by atoms with Crippen molar-refractivity contribution in [2.24, 2.45) is 0 Å². The fraction of sp³-hybridized carbons (Fsp3) is 0.500. The SMILES string of the molecule is CCCCc1ccc(C)nc1.CCc1ccncc1N(C)CCO. The standard InChI is InChI=1S/C10H16N2O.C10H15N/c1-3-9-4-5-11-8-10(9)12(2)6-7-13;1-3-4-5-10-7-6-9(2)11-8-10/h4-5,8,13H,3,6-7H2,1-2H3;6-8H,3-5H2,1-2H3. The second-order valence-electron chi connectivity index (χ2n) is 5.91. The third-order valence-electron chi connectivity index (χ3n) is 3.91. The molecule has 0 fully saturated rings. The maximum Gasteiger partial charge on any atom is 0.0606 e. The highest BCUT2D eigenvalue weighted by Gasteiger charge is 2.04. The van der Waals surface area contributed by atoms with Crippen molar-refractivity contribution in [1.82, 2.24) is 9.97 Å². The largest absolute Gasteiger partial charge is 0.395 e. The minimum Gasteiger partial charge on any atom is -0.395 e. The summed E-state index contributed by atoms with van der Waals surface area (Å²) in [4.78, 5) is 10.3. The van der Waals surface area contributed by atoms with E-state index in [-0.39, 0.29) is 6.61 Å². The van der Waals surface area contributed by atoms with E-state index in [0.717, 1.165) is 17.8 Å². The van der Waals surface area contributed by atoms with Crippen molar-refractivity contribution in [2.75, 3.05) is 25.1 Å². The predicted octanol–water partition coefficient (Wildman–Crippen LogP) is 3.81. The molecule has 0 aliphatic rings. The molecule has 0 aliphatic carbocycles. The van der Waals surface area contributed by atoms with Gasteiger partial charge in [-0.1, -0.05) is 26.3 Å². The molecule has 0 atom stereocenters. The Morgan fingerprint density at radius 2 is 1.92 bits per heavy atom. The third-order valence-corrected chi connectivity index (χ3v) is 3.91. The number of unbranched alkanes of at least 4 members (excludes halogenated alkanes) is 1. The van der Waals surface area contributed by atoms with Crippen molar-refractivity contribution in [3.05, 3.63) is 53.6 Å². The van der Waals surface area contributed by atoms with E-state index in [0.29, 0.717) is 6.54 Å². The minimum absolute atomic E-state index is 0.175. The quantitative estimate of drug-likeness (QED) is 0.839. The summed E-state index contributed by atoms with van der Waals surface area (Å²) in [6, 6.07) is 6.26. The zero-order valence-corrected chi connectivity index (χ0v) is 15.5. The van der Waals surface area contributed by atoms with Crippen LogP contribution < -0.4 is 4.90 Å². The van der Waals surface area contributed by atoms with Crippen molar-refractivity contribution >= 4 is 5.69 Å². The first-order valence-electron chi connectivity index (χ1n) is 8.78. The molecule has 1 N–H and O–H groups in total. The molecule has 0 unspecified atom stereocenters. The lowest BCUT2D eigenvalue weighted by Crippen LogP contribution is -2.22. The average Bonchev–Trinajstić information content (AvgIpc) is 2.62. The van der Waals surface area contributed by atoms with Crippen LogP contribution in [-0.2, 0) is 12.8 Å². The molecule has 0 saturated heterocycles. The molecule has 2 heterocycles. The number of likely N-dealkylation sites (N-methyl/N-ethyl adjacent to an activating group) is 1. The van der Waals surface area contributed by atoms with Crippen LogP contribution in [0.1, 0.15) is 43.5 Å². The Bertz CT molecular complexity index is 569. The van der Waals surface area contributed by atoms with Gasteiger partial charge in [0.1, 0.15) is 0 Å². The van der Waals surface area contributed by atoms with Gasteiger partial charge < -0.3 is 10.0 Å². The fourth-order valence-corrected chi connectivity index (χ4v) is 2.36. The Labute approximate surface area is 146 Å². The summed E-state index contributed by atoms with van der Waals surface area (Å²) in [5, 5.41) is 8.80. The van der Waals surface area contributed by atoms with E-state index in [1.54, 1.807) is 6.20 Å². The first-order valence-corrected chi connectivity index (χ1v) is 8.78. The zero-order valence-electron chi connectivity index (χ0n) is 15.5. The van der Waals surface area contributed by atoms with Crippen molar-refractivity contribution in [3.8, 4) is 0 Å². The van der Waals surface area contributed by atoms with E-state index in [1.165, 1.54) is 30.4 Å². The molecule has 0 aromatic carbocycles. The maximum atomic E-state index is 8.80. The lowest BCUT2D eigenvalue weighted by molar-refractivity contribution is 0.304. The molecule has 132 valence electrons. The first kappa shape index (κ1) is 20.1. The van der Waals surface area contributed by atoms with Crippen LogP contribution in [0.2, 0.25) is 0 Å². The van der Waals surface area contributed by atoms with Gasteiger partial charge in [-0.15, -0.1) is 0 Å². The highest BCUT2D eigenvalue weighted by molar-refractivity contribution is 5.50. The second kappa shape index (κ2) is 11.6. The third kappa shape index (κ3) is 7.09.